The highest BCUT2D eigenvalue weighted by molar-refractivity contribution is 5.86. The molecule has 2 aliphatic heterocycles. The van der Waals surface area contributed by atoms with E-state index in [1.807, 2.05) is 24.1 Å². The monoisotopic (exact) mass is 288 g/mol. The van der Waals surface area contributed by atoms with Gasteiger partial charge in [-0.25, -0.2) is 0 Å². The molecule has 2 heterocycles. The molecule has 2 atom stereocenters. The third-order valence-electron chi connectivity index (χ3n) is 4.51. The van der Waals surface area contributed by atoms with Gasteiger partial charge in [0.25, 0.3) is 0 Å². The molecule has 114 valence electrons. The van der Waals surface area contributed by atoms with Gasteiger partial charge in [0.15, 0.2) is 0 Å². The maximum atomic E-state index is 12.8. The number of hydrogen-bond donors (Lipinski definition) is 1. The second-order valence-corrected chi connectivity index (χ2v) is 6.06. The Bertz CT molecular complexity index is 497. The maximum absolute atomic E-state index is 12.8. The van der Waals surface area contributed by atoms with Crippen molar-refractivity contribution in [3.05, 3.63) is 29.8 Å². The van der Waals surface area contributed by atoms with Crippen molar-refractivity contribution in [1.82, 2.24) is 4.90 Å². The SMILES string of the molecule is CN(CC1CCCCO1)C(=O)C1CCNc2ccccc21. The molecule has 1 aromatic carbocycles. The van der Waals surface area contributed by atoms with Crippen molar-refractivity contribution in [3.8, 4) is 0 Å². The molecule has 0 aliphatic carbocycles. The van der Waals surface area contributed by atoms with Crippen molar-refractivity contribution in [2.24, 2.45) is 0 Å². The van der Waals surface area contributed by atoms with E-state index >= 15 is 0 Å². The minimum absolute atomic E-state index is 0.0176. The lowest BCUT2D eigenvalue weighted by Gasteiger charge is -2.32. The number of carbonyl (C=O) groups is 1. The van der Waals surface area contributed by atoms with E-state index in [4.69, 9.17) is 4.74 Å². The topological polar surface area (TPSA) is 41.6 Å². The van der Waals surface area contributed by atoms with Crippen molar-refractivity contribution in [2.45, 2.75) is 37.7 Å². The summed E-state index contributed by atoms with van der Waals surface area (Å²) in [6.45, 7) is 2.41. The summed E-state index contributed by atoms with van der Waals surface area (Å²) in [7, 11) is 1.91. The van der Waals surface area contributed by atoms with Gasteiger partial charge in [0, 0.05) is 32.4 Å². The van der Waals surface area contributed by atoms with Crippen LogP contribution in [0.4, 0.5) is 5.69 Å². The summed E-state index contributed by atoms with van der Waals surface area (Å²) in [5, 5.41) is 3.37. The second-order valence-electron chi connectivity index (χ2n) is 6.06. The van der Waals surface area contributed by atoms with Crippen molar-refractivity contribution in [3.63, 3.8) is 0 Å². The van der Waals surface area contributed by atoms with Gasteiger partial charge in [-0.3, -0.25) is 4.79 Å². The van der Waals surface area contributed by atoms with Crippen molar-refractivity contribution >= 4 is 11.6 Å². The number of anilines is 1. The molecule has 1 N–H and O–H groups in total. The first-order valence-corrected chi connectivity index (χ1v) is 7.95. The van der Waals surface area contributed by atoms with Crippen LogP contribution < -0.4 is 5.32 Å². The molecule has 0 saturated carbocycles. The Kier molecular flexibility index (Phi) is 4.44. The quantitative estimate of drug-likeness (QED) is 0.929. The van der Waals surface area contributed by atoms with E-state index in [1.165, 1.54) is 6.42 Å². The molecule has 0 spiro atoms. The Morgan fingerprint density at radius 3 is 3.00 bits per heavy atom. The molecule has 0 radical (unpaired) electrons. The number of para-hydroxylation sites is 1. The Balaban J connectivity index is 1.67. The van der Waals surface area contributed by atoms with Crippen LogP contribution in [0.15, 0.2) is 24.3 Å². The van der Waals surface area contributed by atoms with Crippen molar-refractivity contribution in [1.29, 1.82) is 0 Å². The third kappa shape index (κ3) is 3.21. The predicted octanol–water partition coefficient (Wildman–Crippen LogP) is 2.61. The number of benzene rings is 1. The highest BCUT2D eigenvalue weighted by Crippen LogP contribution is 2.32. The smallest absolute Gasteiger partial charge is 0.230 e. The Hall–Kier alpha value is -1.55. The van der Waals surface area contributed by atoms with Gasteiger partial charge in [-0.15, -0.1) is 0 Å². The van der Waals surface area contributed by atoms with E-state index in [-0.39, 0.29) is 17.9 Å². The van der Waals surface area contributed by atoms with E-state index < -0.39 is 0 Å². The standard InChI is InChI=1S/C17H24N2O2/c1-19(12-13-6-4-5-11-21-13)17(20)15-9-10-18-16-8-3-2-7-14(15)16/h2-3,7-8,13,15,18H,4-6,9-12H2,1H3. The van der Waals surface area contributed by atoms with Gasteiger partial charge in [0.05, 0.1) is 12.0 Å². The molecule has 21 heavy (non-hydrogen) atoms. The summed E-state index contributed by atoms with van der Waals surface area (Å²) in [4.78, 5) is 14.6. The van der Waals surface area contributed by atoms with Crippen molar-refractivity contribution < 1.29 is 9.53 Å². The molecular weight excluding hydrogens is 264 g/mol. The number of amides is 1. The fourth-order valence-corrected chi connectivity index (χ4v) is 3.34. The van der Waals surface area contributed by atoms with Crippen LogP contribution in [0.5, 0.6) is 0 Å². The summed E-state index contributed by atoms with van der Waals surface area (Å²) in [6.07, 6.45) is 4.51. The van der Waals surface area contributed by atoms with Crippen LogP contribution in [0.2, 0.25) is 0 Å². The lowest BCUT2D eigenvalue weighted by Crippen LogP contribution is -2.40. The minimum Gasteiger partial charge on any atom is -0.385 e. The lowest BCUT2D eigenvalue weighted by molar-refractivity contribution is -0.134. The number of carbonyl (C=O) groups excluding carboxylic acids is 1. The molecule has 1 fully saturated rings. The summed E-state index contributed by atoms with van der Waals surface area (Å²) in [5.41, 5.74) is 2.23. The Morgan fingerprint density at radius 1 is 1.33 bits per heavy atom. The van der Waals surface area contributed by atoms with Crippen molar-refractivity contribution in [2.75, 3.05) is 32.1 Å². The number of likely N-dealkylation sites (N-methyl/N-ethyl adjacent to an activating group) is 1. The van der Waals surface area contributed by atoms with Gasteiger partial charge in [-0.2, -0.15) is 0 Å². The highest BCUT2D eigenvalue weighted by Gasteiger charge is 2.29. The summed E-state index contributed by atoms with van der Waals surface area (Å²) in [6, 6.07) is 8.14. The average Bonchev–Trinajstić information content (AvgIpc) is 2.54. The maximum Gasteiger partial charge on any atom is 0.230 e. The summed E-state index contributed by atoms with van der Waals surface area (Å²) >= 11 is 0. The molecule has 1 amide bonds. The molecule has 1 aromatic rings. The van der Waals surface area contributed by atoms with E-state index in [0.29, 0.717) is 6.54 Å². The van der Waals surface area contributed by atoms with Crippen LogP contribution in [0, 0.1) is 0 Å². The van der Waals surface area contributed by atoms with Gasteiger partial charge in [0.2, 0.25) is 5.91 Å². The zero-order valence-corrected chi connectivity index (χ0v) is 12.7. The Labute approximate surface area is 126 Å². The summed E-state index contributed by atoms with van der Waals surface area (Å²) in [5.74, 6) is 0.203. The molecule has 2 unspecified atom stereocenters. The Morgan fingerprint density at radius 2 is 2.19 bits per heavy atom. The number of rotatable bonds is 3. The average molecular weight is 288 g/mol. The normalized spacial score (nSPS) is 24.8. The molecule has 3 rings (SSSR count). The van der Waals surface area contributed by atoms with Crippen LogP contribution in [0.1, 0.15) is 37.2 Å². The first kappa shape index (κ1) is 14.4. The number of fused-ring (bicyclic) bond motifs is 1. The lowest BCUT2D eigenvalue weighted by atomic mass is 9.90. The van der Waals surface area contributed by atoms with Crippen LogP contribution in [-0.2, 0) is 9.53 Å². The van der Waals surface area contributed by atoms with Crippen LogP contribution >= 0.6 is 0 Å². The van der Waals surface area contributed by atoms with E-state index in [1.54, 1.807) is 0 Å². The zero-order valence-electron chi connectivity index (χ0n) is 12.7. The first-order chi connectivity index (χ1) is 10.3. The van der Waals surface area contributed by atoms with E-state index in [0.717, 1.165) is 43.7 Å². The van der Waals surface area contributed by atoms with Crippen LogP contribution in [-0.4, -0.2) is 43.7 Å². The fourth-order valence-electron chi connectivity index (χ4n) is 3.34. The largest absolute Gasteiger partial charge is 0.385 e. The molecule has 4 heteroatoms. The predicted molar refractivity (Wildman–Crippen MR) is 83.5 cm³/mol. The summed E-state index contributed by atoms with van der Waals surface area (Å²) < 4.78 is 5.75. The van der Waals surface area contributed by atoms with Crippen LogP contribution in [0.3, 0.4) is 0 Å². The molecule has 0 aromatic heterocycles. The van der Waals surface area contributed by atoms with Gasteiger partial charge in [-0.05, 0) is 37.3 Å². The van der Waals surface area contributed by atoms with Gasteiger partial charge in [0.1, 0.15) is 0 Å². The number of hydrogen-bond acceptors (Lipinski definition) is 3. The minimum atomic E-state index is -0.0176. The molecular formula is C17H24N2O2. The second kappa shape index (κ2) is 6.48. The molecule has 2 aliphatic rings. The number of nitrogens with one attached hydrogen (secondary N) is 1. The highest BCUT2D eigenvalue weighted by atomic mass is 16.5. The van der Waals surface area contributed by atoms with Gasteiger partial charge >= 0.3 is 0 Å². The van der Waals surface area contributed by atoms with E-state index in [2.05, 4.69) is 17.4 Å². The first-order valence-electron chi connectivity index (χ1n) is 7.95. The van der Waals surface area contributed by atoms with Gasteiger partial charge in [-0.1, -0.05) is 18.2 Å². The van der Waals surface area contributed by atoms with Gasteiger partial charge < -0.3 is 15.0 Å². The molecule has 1 saturated heterocycles. The zero-order chi connectivity index (χ0) is 14.7. The van der Waals surface area contributed by atoms with E-state index in [9.17, 15) is 4.79 Å². The molecule has 4 nitrogen and oxygen atoms in total. The fraction of sp³-hybridized carbons (Fsp3) is 0.588. The third-order valence-corrected chi connectivity index (χ3v) is 4.51. The van der Waals surface area contributed by atoms with Crippen LogP contribution in [0.25, 0.3) is 0 Å². The number of nitrogens with zero attached hydrogens (tertiary/aromatic N) is 1. The number of ether oxygens (including phenoxy) is 1. The molecule has 0 bridgehead atoms.